The molecule has 0 spiro atoms. The molecule has 0 aromatic carbocycles. The summed E-state index contributed by atoms with van der Waals surface area (Å²) in [4.78, 5) is 0. The standard InChI is InChI=1S/C12H12N6S/c1-7-4-8(2)18(17-7)11-9-5-13-14-6-10(9)12(19-3)16-15-11/h4-6H,1-3H3. The molecule has 0 amide bonds. The molecule has 0 aliphatic carbocycles. The maximum absolute atomic E-state index is 4.45. The highest BCUT2D eigenvalue weighted by Gasteiger charge is 2.13. The predicted molar refractivity (Wildman–Crippen MR) is 73.5 cm³/mol. The average molecular weight is 272 g/mol. The van der Waals surface area contributed by atoms with Crippen LogP contribution < -0.4 is 0 Å². The molecule has 0 unspecified atom stereocenters. The SMILES string of the molecule is CSc1nnc(-n2nc(C)cc2C)c2cnncc12. The van der Waals surface area contributed by atoms with Crippen molar-refractivity contribution in [3.8, 4) is 5.82 Å². The fourth-order valence-electron chi connectivity index (χ4n) is 2.02. The van der Waals surface area contributed by atoms with Crippen LogP contribution in [0.1, 0.15) is 11.4 Å². The average Bonchev–Trinajstić information content (AvgIpc) is 2.76. The second-order valence-electron chi connectivity index (χ2n) is 4.19. The Balaban J connectivity index is 2.34. The lowest BCUT2D eigenvalue weighted by Crippen LogP contribution is -2.05. The minimum Gasteiger partial charge on any atom is -0.217 e. The first kappa shape index (κ1) is 12.0. The third-order valence-electron chi connectivity index (χ3n) is 2.84. The summed E-state index contributed by atoms with van der Waals surface area (Å²) < 4.78 is 1.79. The molecule has 0 atom stereocenters. The van der Waals surface area contributed by atoms with Gasteiger partial charge in [-0.05, 0) is 26.2 Å². The first-order valence-corrected chi connectivity index (χ1v) is 6.98. The van der Waals surface area contributed by atoms with Crippen LogP contribution in [-0.4, -0.2) is 36.4 Å². The number of hydrogen-bond acceptors (Lipinski definition) is 6. The van der Waals surface area contributed by atoms with Crippen LogP contribution in [-0.2, 0) is 0 Å². The van der Waals surface area contributed by atoms with Gasteiger partial charge < -0.3 is 0 Å². The van der Waals surface area contributed by atoms with Crippen LogP contribution in [0.4, 0.5) is 0 Å². The van der Waals surface area contributed by atoms with E-state index in [1.807, 2.05) is 26.2 Å². The molecule has 0 saturated carbocycles. The largest absolute Gasteiger partial charge is 0.217 e. The van der Waals surface area contributed by atoms with Gasteiger partial charge >= 0.3 is 0 Å². The van der Waals surface area contributed by atoms with Crippen LogP contribution in [0.3, 0.4) is 0 Å². The first-order chi connectivity index (χ1) is 9.20. The molecule has 0 fully saturated rings. The van der Waals surface area contributed by atoms with E-state index in [9.17, 15) is 0 Å². The van der Waals surface area contributed by atoms with Gasteiger partial charge in [0.05, 0.1) is 23.5 Å². The van der Waals surface area contributed by atoms with E-state index in [4.69, 9.17) is 0 Å². The summed E-state index contributed by atoms with van der Waals surface area (Å²) in [7, 11) is 0. The Kier molecular flexibility index (Phi) is 2.90. The molecule has 0 saturated heterocycles. The van der Waals surface area contributed by atoms with Crippen molar-refractivity contribution >= 4 is 22.5 Å². The third-order valence-corrected chi connectivity index (χ3v) is 3.53. The Morgan fingerprint density at radius 1 is 1.05 bits per heavy atom. The monoisotopic (exact) mass is 272 g/mol. The van der Waals surface area contributed by atoms with E-state index >= 15 is 0 Å². The fourth-order valence-corrected chi connectivity index (χ4v) is 2.53. The molecular formula is C12H12N6S. The minimum atomic E-state index is 0.688. The van der Waals surface area contributed by atoms with Crippen LogP contribution in [0.5, 0.6) is 0 Å². The van der Waals surface area contributed by atoms with Crippen molar-refractivity contribution in [3.05, 3.63) is 29.8 Å². The maximum atomic E-state index is 4.45. The van der Waals surface area contributed by atoms with Crippen molar-refractivity contribution in [1.29, 1.82) is 0 Å². The van der Waals surface area contributed by atoms with Crippen molar-refractivity contribution in [2.75, 3.05) is 6.26 Å². The highest BCUT2D eigenvalue weighted by atomic mass is 32.2. The molecule has 96 valence electrons. The number of thioether (sulfide) groups is 1. The predicted octanol–water partition coefficient (Wildman–Crippen LogP) is 1.94. The summed E-state index contributed by atoms with van der Waals surface area (Å²) in [5.74, 6) is 0.688. The molecule has 3 rings (SSSR count). The van der Waals surface area contributed by atoms with Gasteiger partial charge in [-0.3, -0.25) is 0 Å². The Labute approximate surface area is 114 Å². The highest BCUT2D eigenvalue weighted by Crippen LogP contribution is 2.26. The molecule has 7 heteroatoms. The minimum absolute atomic E-state index is 0.688. The summed E-state index contributed by atoms with van der Waals surface area (Å²) in [6, 6.07) is 2.00. The molecule has 3 aromatic heterocycles. The van der Waals surface area contributed by atoms with Gasteiger partial charge in [0.25, 0.3) is 0 Å². The Hall–Kier alpha value is -2.02. The van der Waals surface area contributed by atoms with Crippen LogP contribution >= 0.6 is 11.8 Å². The summed E-state index contributed by atoms with van der Waals surface area (Å²) in [5, 5.41) is 23.5. The molecule has 3 heterocycles. The smallest absolute Gasteiger partial charge is 0.185 e. The molecule has 6 nitrogen and oxygen atoms in total. The van der Waals surface area contributed by atoms with E-state index in [2.05, 4.69) is 25.5 Å². The quantitative estimate of drug-likeness (QED) is 0.664. The van der Waals surface area contributed by atoms with Gasteiger partial charge in [0.15, 0.2) is 5.82 Å². The lowest BCUT2D eigenvalue weighted by atomic mass is 10.2. The Morgan fingerprint density at radius 3 is 2.42 bits per heavy atom. The first-order valence-electron chi connectivity index (χ1n) is 5.75. The van der Waals surface area contributed by atoms with Crippen molar-refractivity contribution in [3.63, 3.8) is 0 Å². The van der Waals surface area contributed by atoms with Gasteiger partial charge in [-0.1, -0.05) is 0 Å². The highest BCUT2D eigenvalue weighted by molar-refractivity contribution is 7.98. The number of hydrogen-bond donors (Lipinski definition) is 0. The lowest BCUT2D eigenvalue weighted by molar-refractivity contribution is 0.777. The number of rotatable bonds is 2. The van der Waals surface area contributed by atoms with E-state index in [-0.39, 0.29) is 0 Å². The number of fused-ring (bicyclic) bond motifs is 1. The van der Waals surface area contributed by atoms with Gasteiger partial charge in [0, 0.05) is 11.1 Å². The second kappa shape index (κ2) is 4.58. The summed E-state index contributed by atoms with van der Waals surface area (Å²) in [6.07, 6.45) is 5.38. The number of aryl methyl sites for hydroxylation is 2. The van der Waals surface area contributed by atoms with Crippen molar-refractivity contribution in [2.45, 2.75) is 18.9 Å². The van der Waals surface area contributed by atoms with E-state index in [1.165, 1.54) is 0 Å². The van der Waals surface area contributed by atoms with Crippen LogP contribution in [0.15, 0.2) is 23.5 Å². The zero-order valence-corrected chi connectivity index (χ0v) is 11.6. The van der Waals surface area contributed by atoms with Gasteiger partial charge in [0.1, 0.15) is 5.03 Å². The van der Waals surface area contributed by atoms with Gasteiger partial charge in [-0.15, -0.1) is 22.0 Å². The van der Waals surface area contributed by atoms with Gasteiger partial charge in [-0.2, -0.15) is 15.3 Å². The van der Waals surface area contributed by atoms with E-state index < -0.39 is 0 Å². The van der Waals surface area contributed by atoms with E-state index in [1.54, 1.807) is 28.8 Å². The zero-order valence-electron chi connectivity index (χ0n) is 10.8. The molecule has 0 bridgehead atoms. The summed E-state index contributed by atoms with van der Waals surface area (Å²) >= 11 is 1.54. The number of nitrogens with zero attached hydrogens (tertiary/aromatic N) is 6. The van der Waals surface area contributed by atoms with Gasteiger partial charge in [0.2, 0.25) is 0 Å². The Bertz CT molecular complexity index is 751. The van der Waals surface area contributed by atoms with E-state index in [0.717, 1.165) is 27.2 Å². The van der Waals surface area contributed by atoms with Gasteiger partial charge in [-0.25, -0.2) is 4.68 Å². The molecule has 0 aliphatic rings. The lowest BCUT2D eigenvalue weighted by Gasteiger charge is -2.07. The van der Waals surface area contributed by atoms with Crippen LogP contribution in [0, 0.1) is 13.8 Å². The van der Waals surface area contributed by atoms with Crippen LogP contribution in [0.25, 0.3) is 16.6 Å². The topological polar surface area (TPSA) is 69.4 Å². The molecule has 3 aromatic rings. The normalized spacial score (nSPS) is 11.1. The summed E-state index contributed by atoms with van der Waals surface area (Å²) in [6.45, 7) is 3.94. The molecule has 0 aliphatic heterocycles. The van der Waals surface area contributed by atoms with Crippen molar-refractivity contribution < 1.29 is 0 Å². The van der Waals surface area contributed by atoms with Crippen molar-refractivity contribution in [2.24, 2.45) is 0 Å². The fraction of sp³-hybridized carbons (Fsp3) is 0.250. The molecule has 0 radical (unpaired) electrons. The van der Waals surface area contributed by atoms with Crippen molar-refractivity contribution in [1.82, 2.24) is 30.2 Å². The van der Waals surface area contributed by atoms with E-state index in [0.29, 0.717) is 5.82 Å². The molecule has 19 heavy (non-hydrogen) atoms. The summed E-state index contributed by atoms with van der Waals surface area (Å²) in [5.41, 5.74) is 1.96. The van der Waals surface area contributed by atoms with Crippen LogP contribution in [0.2, 0.25) is 0 Å². The molecular weight excluding hydrogens is 260 g/mol. The zero-order chi connectivity index (χ0) is 13.4. The Morgan fingerprint density at radius 2 is 1.79 bits per heavy atom. The maximum Gasteiger partial charge on any atom is 0.185 e. The third kappa shape index (κ3) is 1.95. The molecule has 0 N–H and O–H groups in total. The number of aromatic nitrogens is 6. The second-order valence-corrected chi connectivity index (χ2v) is 4.98.